The Morgan fingerprint density at radius 3 is 2.57 bits per heavy atom. The highest BCUT2D eigenvalue weighted by molar-refractivity contribution is 6.00. The number of para-hydroxylation sites is 1. The van der Waals surface area contributed by atoms with Crippen LogP contribution in [0.15, 0.2) is 36.4 Å². The van der Waals surface area contributed by atoms with E-state index in [2.05, 4.69) is 33.4 Å². The highest BCUT2D eigenvalue weighted by Gasteiger charge is 2.47. The predicted molar refractivity (Wildman–Crippen MR) is 167 cm³/mol. The summed E-state index contributed by atoms with van der Waals surface area (Å²) in [6.07, 6.45) is 4.68. The summed E-state index contributed by atoms with van der Waals surface area (Å²) in [6, 6.07) is 12.6. The van der Waals surface area contributed by atoms with Crippen LogP contribution in [0.1, 0.15) is 53.9 Å². The second kappa shape index (κ2) is 10.3. The van der Waals surface area contributed by atoms with Gasteiger partial charge >= 0.3 is 0 Å². The summed E-state index contributed by atoms with van der Waals surface area (Å²) >= 11 is 0. The van der Waals surface area contributed by atoms with Crippen LogP contribution in [0, 0.1) is 11.8 Å². The third kappa shape index (κ3) is 4.25. The molecule has 4 fully saturated rings. The smallest absolute Gasteiger partial charge is 0.254 e. The van der Waals surface area contributed by atoms with Crippen LogP contribution in [0.4, 0.5) is 0 Å². The number of piperidine rings is 1. The highest BCUT2D eigenvalue weighted by Crippen LogP contribution is 2.42. The van der Waals surface area contributed by atoms with Crippen molar-refractivity contribution in [1.82, 2.24) is 23.9 Å². The number of fused-ring (bicyclic) bond motifs is 4. The molecule has 4 aromatic rings. The van der Waals surface area contributed by atoms with Crippen molar-refractivity contribution in [2.24, 2.45) is 24.6 Å². The van der Waals surface area contributed by atoms with Gasteiger partial charge in [0.25, 0.3) is 5.91 Å². The Labute approximate surface area is 256 Å². The van der Waals surface area contributed by atoms with E-state index >= 15 is 0 Å². The van der Waals surface area contributed by atoms with Crippen molar-refractivity contribution < 1.29 is 19.4 Å². The van der Waals surface area contributed by atoms with Gasteiger partial charge in [-0.25, -0.2) is 4.98 Å². The van der Waals surface area contributed by atoms with E-state index in [1.54, 1.807) is 7.11 Å². The predicted octanol–water partition coefficient (Wildman–Crippen LogP) is 3.48. The maximum absolute atomic E-state index is 13.7. The number of carbonyl (C=O) groups excluding carboxylic acids is 2. The molecule has 3 atom stereocenters. The molecule has 44 heavy (non-hydrogen) atoms. The Kier molecular flexibility index (Phi) is 6.50. The Bertz CT molecular complexity index is 1800. The summed E-state index contributed by atoms with van der Waals surface area (Å²) in [4.78, 5) is 35.0. The molecule has 2 bridgehead atoms. The van der Waals surface area contributed by atoms with Gasteiger partial charge in [0.15, 0.2) is 5.82 Å². The van der Waals surface area contributed by atoms with E-state index in [0.717, 1.165) is 53.9 Å². The SMILES string of the molecule is COc1cc(C(=O)N2C[C@H]3CC[C@@H]2[C@@H]3N)cc2nc(-c3cc4cccc(C5CN(C(=O)CCO)C5)c4n3CC3CC3)n(C)c12. The van der Waals surface area contributed by atoms with Gasteiger partial charge < -0.3 is 34.5 Å². The topological polar surface area (TPSA) is 119 Å². The third-order valence-corrected chi connectivity index (χ3v) is 10.6. The minimum atomic E-state index is -0.116. The number of likely N-dealkylation sites (tertiary alicyclic amines) is 2. The van der Waals surface area contributed by atoms with E-state index in [0.29, 0.717) is 36.2 Å². The minimum Gasteiger partial charge on any atom is -0.494 e. The summed E-state index contributed by atoms with van der Waals surface area (Å²) in [6.45, 7) is 2.86. The van der Waals surface area contributed by atoms with Gasteiger partial charge in [-0.05, 0) is 61.3 Å². The summed E-state index contributed by atoms with van der Waals surface area (Å²) in [7, 11) is 3.66. The van der Waals surface area contributed by atoms with Crippen molar-refractivity contribution in [2.45, 2.75) is 56.7 Å². The zero-order chi connectivity index (χ0) is 30.3. The number of nitrogens with zero attached hydrogens (tertiary/aromatic N) is 5. The molecular formula is C34H40N6O4. The number of rotatable bonds is 8. The number of carbonyl (C=O) groups is 2. The first-order chi connectivity index (χ1) is 21.4. The molecule has 4 aliphatic rings. The summed E-state index contributed by atoms with van der Waals surface area (Å²) in [5, 5.41) is 10.4. The second-order valence-electron chi connectivity index (χ2n) is 13.3. The number of ether oxygens (including phenoxy) is 1. The quantitative estimate of drug-likeness (QED) is 0.322. The van der Waals surface area contributed by atoms with Crippen molar-refractivity contribution in [2.75, 3.05) is 33.4 Å². The van der Waals surface area contributed by atoms with Gasteiger partial charge in [0.05, 0.1) is 30.4 Å². The van der Waals surface area contributed by atoms with Crippen LogP contribution in [-0.4, -0.2) is 86.3 Å². The van der Waals surface area contributed by atoms with Gasteiger partial charge in [0, 0.05) is 68.6 Å². The van der Waals surface area contributed by atoms with Crippen LogP contribution in [0.25, 0.3) is 33.5 Å². The van der Waals surface area contributed by atoms with E-state index in [1.165, 1.54) is 23.9 Å². The number of amides is 2. The number of hydrogen-bond donors (Lipinski definition) is 2. The monoisotopic (exact) mass is 596 g/mol. The van der Waals surface area contributed by atoms with Crippen LogP contribution in [0.5, 0.6) is 5.75 Å². The lowest BCUT2D eigenvalue weighted by Crippen LogP contribution is -2.48. The third-order valence-electron chi connectivity index (χ3n) is 10.6. The lowest BCUT2D eigenvalue weighted by Gasteiger charge is -2.40. The van der Waals surface area contributed by atoms with Crippen molar-refractivity contribution in [3.63, 3.8) is 0 Å². The molecule has 2 saturated carbocycles. The zero-order valence-corrected chi connectivity index (χ0v) is 25.4. The standard InChI is InChI=1S/C34H40N6O4/c1-37-32-25(12-22(14-28(32)44-2)34(43)40-18-21-8-9-26(40)30(21)35)36-33(37)27-13-20-4-3-5-24(31(20)39(27)15-19-6-7-19)23-16-38(17-23)29(42)10-11-41/h3-5,12-14,19,21,23,26,30,41H,6-11,15-18,35H2,1-2H3/t21-,26-,30-/m1/s1. The van der Waals surface area contributed by atoms with E-state index < -0.39 is 0 Å². The number of methoxy groups -OCH3 is 1. The van der Waals surface area contributed by atoms with Crippen molar-refractivity contribution in [3.8, 4) is 17.3 Å². The summed E-state index contributed by atoms with van der Waals surface area (Å²) in [5.74, 6) is 2.76. The van der Waals surface area contributed by atoms with Crippen LogP contribution >= 0.6 is 0 Å². The van der Waals surface area contributed by atoms with Gasteiger partial charge in [-0.15, -0.1) is 0 Å². The number of aryl methyl sites for hydroxylation is 1. The molecule has 0 radical (unpaired) electrons. The van der Waals surface area contributed by atoms with E-state index in [1.807, 2.05) is 29.0 Å². The normalized spacial score (nSPS) is 23.2. The summed E-state index contributed by atoms with van der Waals surface area (Å²) < 4.78 is 10.4. The fourth-order valence-electron chi connectivity index (χ4n) is 8.02. The number of imidazole rings is 1. The van der Waals surface area contributed by atoms with Crippen molar-refractivity contribution in [3.05, 3.63) is 47.5 Å². The van der Waals surface area contributed by atoms with Crippen LogP contribution in [0.2, 0.25) is 0 Å². The minimum absolute atomic E-state index is 0.000413. The molecule has 0 spiro atoms. The van der Waals surface area contributed by atoms with Gasteiger partial charge in [-0.2, -0.15) is 0 Å². The number of hydrogen-bond acceptors (Lipinski definition) is 6. The fraction of sp³-hybridized carbons (Fsp3) is 0.500. The largest absolute Gasteiger partial charge is 0.494 e. The maximum atomic E-state index is 13.7. The molecule has 10 heteroatoms. The van der Waals surface area contributed by atoms with Gasteiger partial charge in [-0.1, -0.05) is 18.2 Å². The molecule has 2 aliphatic carbocycles. The second-order valence-corrected chi connectivity index (χ2v) is 13.3. The van der Waals surface area contributed by atoms with Crippen LogP contribution < -0.4 is 10.5 Å². The Balaban J connectivity index is 1.20. The number of aliphatic hydroxyl groups is 1. The van der Waals surface area contributed by atoms with Gasteiger partial charge in [0.1, 0.15) is 11.3 Å². The average Bonchev–Trinajstić information content (AvgIpc) is 3.38. The highest BCUT2D eigenvalue weighted by atomic mass is 16.5. The molecule has 3 N–H and O–H groups in total. The molecule has 2 saturated heterocycles. The van der Waals surface area contributed by atoms with E-state index in [9.17, 15) is 14.7 Å². The van der Waals surface area contributed by atoms with E-state index in [4.69, 9.17) is 15.5 Å². The molecule has 8 rings (SSSR count). The summed E-state index contributed by atoms with van der Waals surface area (Å²) in [5.41, 5.74) is 12.1. The molecule has 0 unspecified atom stereocenters. The van der Waals surface area contributed by atoms with Crippen molar-refractivity contribution in [1.29, 1.82) is 0 Å². The van der Waals surface area contributed by atoms with Crippen LogP contribution in [-0.2, 0) is 18.4 Å². The fourth-order valence-corrected chi connectivity index (χ4v) is 8.02. The first-order valence-electron chi connectivity index (χ1n) is 16.0. The lowest BCUT2D eigenvalue weighted by molar-refractivity contribution is -0.136. The van der Waals surface area contributed by atoms with Gasteiger partial charge in [0.2, 0.25) is 5.91 Å². The molecule has 2 aromatic heterocycles. The molecular weight excluding hydrogens is 556 g/mol. The average molecular weight is 597 g/mol. The van der Waals surface area contributed by atoms with Gasteiger partial charge in [-0.3, -0.25) is 9.59 Å². The molecule has 2 aliphatic heterocycles. The molecule has 4 heterocycles. The maximum Gasteiger partial charge on any atom is 0.254 e. The number of benzene rings is 2. The Hall–Kier alpha value is -3.89. The number of aliphatic hydroxyl groups excluding tert-OH is 1. The van der Waals surface area contributed by atoms with Crippen LogP contribution in [0.3, 0.4) is 0 Å². The van der Waals surface area contributed by atoms with Crippen molar-refractivity contribution >= 4 is 33.8 Å². The Morgan fingerprint density at radius 1 is 1.07 bits per heavy atom. The first-order valence-corrected chi connectivity index (χ1v) is 16.0. The molecule has 2 aromatic carbocycles. The lowest BCUT2D eigenvalue weighted by atomic mass is 9.89. The number of nitrogens with two attached hydrogens (primary N) is 1. The first kappa shape index (κ1) is 27.6. The zero-order valence-electron chi connectivity index (χ0n) is 25.4. The van der Waals surface area contributed by atoms with E-state index in [-0.39, 0.29) is 42.8 Å². The molecule has 230 valence electrons. The number of aromatic nitrogens is 3. The Morgan fingerprint density at radius 2 is 1.89 bits per heavy atom. The molecule has 10 nitrogen and oxygen atoms in total. The molecule has 2 amide bonds.